The number of carboxylic acid groups (broad SMARTS) is 1. The number of benzene rings is 4. The summed E-state index contributed by atoms with van der Waals surface area (Å²) in [5, 5.41) is 30.0. The third kappa shape index (κ3) is 15.7. The quantitative estimate of drug-likeness (QED) is 0.0664. The van der Waals surface area contributed by atoms with Crippen LogP contribution in [0.3, 0.4) is 0 Å². The number of nitrogen functional groups attached to an aromatic ring is 2. The first-order valence-corrected chi connectivity index (χ1v) is 25.0. The molecule has 4 atom stereocenters. The van der Waals surface area contributed by atoms with E-state index in [4.69, 9.17) is 41.3 Å². The molecule has 2 aliphatic rings. The number of carboxylic acids is 1. The molecule has 0 unspecified atom stereocenters. The Morgan fingerprint density at radius 1 is 0.646 bits per heavy atom. The lowest BCUT2D eigenvalue weighted by molar-refractivity contribution is 0.0287. The Labute approximate surface area is 467 Å². The number of carbonyl (C=O) groups excluding carboxylic acids is 6. The van der Waals surface area contributed by atoms with E-state index in [1.165, 1.54) is 116 Å². The number of aromatic carboxylic acids is 1. The number of amides is 4. The van der Waals surface area contributed by atoms with Crippen molar-refractivity contribution in [2.75, 3.05) is 58.5 Å². The van der Waals surface area contributed by atoms with Crippen LogP contribution in [0.15, 0.2) is 97.3 Å². The van der Waals surface area contributed by atoms with Crippen LogP contribution in [-0.2, 0) is 4.74 Å². The summed E-state index contributed by atoms with van der Waals surface area (Å²) in [4.78, 5) is 103. The Kier molecular flexibility index (Phi) is 20.4. The molecule has 432 valence electrons. The van der Waals surface area contributed by atoms with Gasteiger partial charge in [-0.25, -0.2) is 38.3 Å². The second-order valence-corrected chi connectivity index (χ2v) is 19.0. The first-order valence-electron chi connectivity index (χ1n) is 25.0. The maximum Gasteiger partial charge on any atom is 0.410 e. The molecule has 2 fully saturated rings. The molecule has 4 amide bonds. The molecule has 0 spiro atoms. The molecule has 2 saturated heterocycles. The largest absolute Gasteiger partial charge is 0.507 e. The van der Waals surface area contributed by atoms with Gasteiger partial charge in [-0.3, -0.25) is 24.0 Å². The van der Waals surface area contributed by atoms with Crippen molar-refractivity contribution in [1.82, 2.24) is 46.1 Å². The zero-order chi connectivity index (χ0) is 60.0. The van der Waals surface area contributed by atoms with Gasteiger partial charge in [-0.2, -0.15) is 0 Å². The van der Waals surface area contributed by atoms with E-state index in [-0.39, 0.29) is 88.0 Å². The Hall–Kier alpha value is -9.89. The Bertz CT molecular complexity index is 3330. The van der Waals surface area contributed by atoms with Crippen LogP contribution in [0.2, 0.25) is 0 Å². The van der Waals surface area contributed by atoms with Crippen LogP contribution in [0.4, 0.5) is 25.5 Å². The van der Waals surface area contributed by atoms with Crippen molar-refractivity contribution >= 4 is 53.2 Å². The van der Waals surface area contributed by atoms with Crippen LogP contribution >= 0.6 is 0 Å². The van der Waals surface area contributed by atoms with Crippen LogP contribution in [0.1, 0.15) is 101 Å². The zero-order valence-corrected chi connectivity index (χ0v) is 45.2. The van der Waals surface area contributed by atoms with E-state index in [0.29, 0.717) is 13.1 Å². The number of phenolic OH excluding ortho intramolecular Hbond substituents is 1. The Balaban J connectivity index is 0.000000225. The number of aromatic hydroxyl groups is 1. The zero-order valence-electron chi connectivity index (χ0n) is 45.2. The minimum Gasteiger partial charge on any atom is -0.507 e. The maximum absolute atomic E-state index is 14.9. The SMILES string of the molecule is CCOc1ccc(OC)c(F)c1C(=O)c1ccc(C(=O)N[C@@H]2CN(C(=O)OC(C)(C)C)C[C@H]2N)cc1.COc1ccc(O)c(C(=O)c2ccc(C(=O)N[C@@H]3CNC[C@H]3NC(=O)c3ccnc(N)n3)cc2)c1F.Nc1nccc(C(=O)O)n1. The average molecular weight is 1140 g/mol. The molecule has 6 aromatic rings. The highest BCUT2D eigenvalue weighted by Gasteiger charge is 2.37. The number of ether oxygens (including phenoxy) is 4. The Morgan fingerprint density at radius 2 is 1.10 bits per heavy atom. The summed E-state index contributed by atoms with van der Waals surface area (Å²) in [7, 11) is 2.56. The molecular weight excluding hydrogens is 1070 g/mol. The molecule has 4 heterocycles. The minimum atomic E-state index is -1.10. The molecule has 0 aliphatic carbocycles. The minimum absolute atomic E-state index is 0.0247. The Morgan fingerprint density at radius 3 is 1.59 bits per heavy atom. The van der Waals surface area contributed by atoms with Crippen LogP contribution < -0.4 is 52.7 Å². The van der Waals surface area contributed by atoms with Crippen LogP contribution in [0, 0.1) is 11.6 Å². The number of nitrogens with zero attached hydrogens (tertiary/aromatic N) is 5. The monoisotopic (exact) mass is 1130 g/mol. The predicted octanol–water partition coefficient (Wildman–Crippen LogP) is 3.54. The van der Waals surface area contributed by atoms with Crippen LogP contribution in [0.25, 0.3) is 0 Å². The highest BCUT2D eigenvalue weighted by molar-refractivity contribution is 6.12. The molecule has 12 N–H and O–H groups in total. The van der Waals surface area contributed by atoms with Gasteiger partial charge in [0.1, 0.15) is 33.9 Å². The number of ketones is 2. The highest BCUT2D eigenvalue weighted by Crippen LogP contribution is 2.32. The van der Waals surface area contributed by atoms with Crippen molar-refractivity contribution in [2.45, 2.75) is 57.5 Å². The topological polar surface area (TPSA) is 378 Å². The first kappa shape index (κ1) is 61.3. The van der Waals surface area contributed by atoms with E-state index < -0.39 is 94.1 Å². The number of rotatable bonds is 15. The van der Waals surface area contributed by atoms with E-state index in [1.807, 2.05) is 0 Å². The maximum atomic E-state index is 14.9. The number of nitrogens with two attached hydrogens (primary N) is 3. The molecule has 0 saturated carbocycles. The third-order valence-electron chi connectivity index (χ3n) is 12.1. The van der Waals surface area contributed by atoms with Gasteiger partial charge >= 0.3 is 12.1 Å². The fraction of sp³-hybridized carbons (Fsp3) is 0.291. The molecule has 2 aliphatic heterocycles. The van der Waals surface area contributed by atoms with Gasteiger partial charge < -0.3 is 72.5 Å². The van der Waals surface area contributed by atoms with E-state index in [0.717, 1.165) is 0 Å². The van der Waals surface area contributed by atoms with Crippen LogP contribution in [0.5, 0.6) is 23.0 Å². The van der Waals surface area contributed by atoms with Gasteiger partial charge in [-0.15, -0.1) is 0 Å². The van der Waals surface area contributed by atoms with Gasteiger partial charge in [0.25, 0.3) is 17.7 Å². The first-order chi connectivity index (χ1) is 38.9. The van der Waals surface area contributed by atoms with E-state index in [2.05, 4.69) is 41.2 Å². The number of aromatic nitrogens is 4. The molecule has 0 radical (unpaired) electrons. The molecule has 25 nitrogen and oxygen atoms in total. The second kappa shape index (κ2) is 27.3. The number of methoxy groups -OCH3 is 2. The number of hydrogen-bond acceptors (Lipinski definition) is 20. The van der Waals surface area contributed by atoms with Crippen molar-refractivity contribution < 1.29 is 71.5 Å². The summed E-state index contributed by atoms with van der Waals surface area (Å²) >= 11 is 0. The van der Waals surface area contributed by atoms with Crippen molar-refractivity contribution in [1.29, 1.82) is 0 Å². The van der Waals surface area contributed by atoms with Gasteiger partial charge in [0, 0.05) is 66.9 Å². The third-order valence-corrected chi connectivity index (χ3v) is 12.1. The summed E-state index contributed by atoms with van der Waals surface area (Å²) < 4.78 is 50.1. The van der Waals surface area contributed by atoms with Gasteiger partial charge in [0.2, 0.25) is 11.9 Å². The summed E-state index contributed by atoms with van der Waals surface area (Å²) in [5.41, 5.74) is 16.2. The number of phenols is 1. The van der Waals surface area contributed by atoms with Gasteiger partial charge in [0.05, 0.1) is 39.0 Å². The number of anilines is 2. The van der Waals surface area contributed by atoms with Gasteiger partial charge in [0.15, 0.2) is 40.4 Å². The van der Waals surface area contributed by atoms with E-state index in [1.54, 1.807) is 27.7 Å². The molecule has 0 bridgehead atoms. The van der Waals surface area contributed by atoms with E-state index in [9.17, 15) is 47.4 Å². The van der Waals surface area contributed by atoms with Crippen molar-refractivity contribution in [2.24, 2.45) is 5.73 Å². The van der Waals surface area contributed by atoms with Crippen molar-refractivity contribution in [3.05, 3.63) is 154 Å². The summed E-state index contributed by atoms with van der Waals surface area (Å²) in [6.45, 7) is 8.62. The number of nitrogens with one attached hydrogen (secondary N) is 4. The number of hydrogen-bond donors (Lipinski definition) is 9. The molecule has 2 aromatic heterocycles. The smallest absolute Gasteiger partial charge is 0.410 e. The lowest BCUT2D eigenvalue weighted by Crippen LogP contribution is -2.51. The number of halogens is 2. The molecule has 8 rings (SSSR count). The van der Waals surface area contributed by atoms with Crippen molar-refractivity contribution in [3.8, 4) is 23.0 Å². The lowest BCUT2D eigenvalue weighted by Gasteiger charge is -2.24. The number of carbonyl (C=O) groups is 7. The standard InChI is InChI=1S/C26H32FN3O6.C24H23FN6O5.C5H5N3O2/c1-6-35-19-11-12-20(34-5)22(27)21(19)23(31)15-7-9-16(10-8-15)24(32)29-18-14-30(13-17(18)28)25(33)36-26(2,3)4;1-36-18-7-6-17(32)19(20(18)25)21(33)12-2-4-13(5-3-12)22(34)29-15-10-27-11-16(15)30-23(35)14-8-9-28-24(26)31-14;6-5-7-2-1-3(8-5)4(9)10/h7-12,17-18H,6,13-14,28H2,1-5H3,(H,29,32);2-9,15-16,27,32H,10-11H2,1H3,(H,29,34)(H,30,35)(H2,26,28,31);1-2H,(H,9,10)(H2,6,7,8)/t17-,18-;15-,16-;/m11./s1. The van der Waals surface area contributed by atoms with Gasteiger partial charge in [-0.1, -0.05) is 24.3 Å². The number of likely N-dealkylation sites (tertiary alicyclic amines) is 1. The predicted molar refractivity (Wildman–Crippen MR) is 291 cm³/mol. The molecule has 4 aromatic carbocycles. The summed E-state index contributed by atoms with van der Waals surface area (Å²) in [6, 6.07) is 17.6. The lowest BCUT2D eigenvalue weighted by atomic mass is 10.00. The molecule has 27 heteroatoms. The fourth-order valence-corrected chi connectivity index (χ4v) is 8.12. The normalized spacial score (nSPS) is 16.2. The fourth-order valence-electron chi connectivity index (χ4n) is 8.12. The van der Waals surface area contributed by atoms with Crippen molar-refractivity contribution in [3.63, 3.8) is 0 Å². The second-order valence-electron chi connectivity index (χ2n) is 19.0. The average Bonchev–Trinajstić information content (AvgIpc) is 4.05. The van der Waals surface area contributed by atoms with E-state index >= 15 is 0 Å². The molecular formula is C55H60F2N12O13. The summed E-state index contributed by atoms with van der Waals surface area (Å²) in [6.07, 6.45) is 2.18. The summed E-state index contributed by atoms with van der Waals surface area (Å²) in [5.74, 6) is -6.28. The highest BCUT2D eigenvalue weighted by atomic mass is 19.1. The van der Waals surface area contributed by atoms with Gasteiger partial charge in [-0.05, 0) is 88.4 Å². The van der Waals surface area contributed by atoms with Crippen LogP contribution in [-0.4, -0.2) is 153 Å². The molecule has 82 heavy (non-hydrogen) atoms.